The highest BCUT2D eigenvalue weighted by molar-refractivity contribution is 5.84. The molecule has 0 aromatic carbocycles. The highest BCUT2D eigenvalue weighted by Crippen LogP contribution is 2.57. The van der Waals surface area contributed by atoms with Crippen molar-refractivity contribution in [1.29, 1.82) is 0 Å². The first-order chi connectivity index (χ1) is 6.45. The van der Waals surface area contributed by atoms with Gasteiger partial charge >= 0.3 is 5.97 Å². The van der Waals surface area contributed by atoms with E-state index in [9.17, 15) is 9.59 Å². The lowest BCUT2D eigenvalue weighted by atomic mass is 10.1. The van der Waals surface area contributed by atoms with Crippen LogP contribution in [0.2, 0.25) is 0 Å². The Bertz CT molecular complexity index is 245. The fourth-order valence-corrected chi connectivity index (χ4v) is 1.74. The predicted molar refractivity (Wildman–Crippen MR) is 52.7 cm³/mol. The lowest BCUT2D eigenvalue weighted by Gasteiger charge is -2.11. The molecule has 0 aromatic heterocycles. The summed E-state index contributed by atoms with van der Waals surface area (Å²) in [6.45, 7) is 7.68. The first kappa shape index (κ1) is 11.2. The lowest BCUT2D eigenvalue weighted by molar-refractivity contribution is -0.151. The maximum Gasteiger partial charge on any atom is 0.310 e. The van der Waals surface area contributed by atoms with E-state index in [-0.39, 0.29) is 29.3 Å². The van der Waals surface area contributed by atoms with Crippen molar-refractivity contribution in [2.24, 2.45) is 17.3 Å². The van der Waals surface area contributed by atoms with Gasteiger partial charge in [-0.05, 0) is 18.8 Å². The molecule has 0 aliphatic heterocycles. The summed E-state index contributed by atoms with van der Waals surface area (Å²) in [5.74, 6) is -0.602. The summed E-state index contributed by atoms with van der Waals surface area (Å²) < 4.78 is 5.19. The summed E-state index contributed by atoms with van der Waals surface area (Å²) in [6.07, 6.45) is 1.62. The third kappa shape index (κ3) is 1.81. The van der Waals surface area contributed by atoms with Crippen molar-refractivity contribution >= 4 is 12.3 Å². The van der Waals surface area contributed by atoms with E-state index in [0.29, 0.717) is 0 Å². The standard InChI is InChI=1S/C11H18O3/c1-5-7(2)14-10(13)9-8(6-12)11(9,3)4/h6-9H,5H2,1-4H3/t7?,8-,9+/m0/s1. The average molecular weight is 198 g/mol. The maximum absolute atomic E-state index is 11.6. The molecule has 14 heavy (non-hydrogen) atoms. The fraction of sp³-hybridized carbons (Fsp3) is 0.818. The van der Waals surface area contributed by atoms with Crippen molar-refractivity contribution in [2.45, 2.75) is 40.2 Å². The maximum atomic E-state index is 11.6. The number of carbonyl (C=O) groups excluding carboxylic acids is 2. The van der Waals surface area contributed by atoms with Crippen molar-refractivity contribution in [3.8, 4) is 0 Å². The largest absolute Gasteiger partial charge is 0.462 e. The molecule has 0 heterocycles. The van der Waals surface area contributed by atoms with Gasteiger partial charge in [0.05, 0.1) is 12.0 Å². The van der Waals surface area contributed by atoms with Crippen molar-refractivity contribution in [3.05, 3.63) is 0 Å². The topological polar surface area (TPSA) is 43.4 Å². The van der Waals surface area contributed by atoms with Crippen LogP contribution in [-0.2, 0) is 14.3 Å². The highest BCUT2D eigenvalue weighted by Gasteiger charge is 2.62. The molecule has 0 saturated heterocycles. The van der Waals surface area contributed by atoms with Crippen LogP contribution in [0.4, 0.5) is 0 Å². The van der Waals surface area contributed by atoms with Crippen LogP contribution in [0.1, 0.15) is 34.1 Å². The van der Waals surface area contributed by atoms with Crippen molar-refractivity contribution in [2.75, 3.05) is 0 Å². The Kier molecular flexibility index (Phi) is 2.98. The summed E-state index contributed by atoms with van der Waals surface area (Å²) >= 11 is 0. The molecule has 1 aliphatic carbocycles. The third-order valence-electron chi connectivity index (χ3n) is 3.20. The van der Waals surface area contributed by atoms with Gasteiger partial charge in [0.15, 0.2) is 0 Å². The van der Waals surface area contributed by atoms with Crippen LogP contribution in [-0.4, -0.2) is 18.4 Å². The number of hydrogen-bond donors (Lipinski definition) is 0. The summed E-state index contributed by atoms with van der Waals surface area (Å²) in [4.78, 5) is 22.2. The van der Waals surface area contributed by atoms with Crippen LogP contribution in [0.15, 0.2) is 0 Å². The van der Waals surface area contributed by atoms with Crippen LogP contribution in [0.3, 0.4) is 0 Å². The van der Waals surface area contributed by atoms with Crippen molar-refractivity contribution in [1.82, 2.24) is 0 Å². The summed E-state index contributed by atoms with van der Waals surface area (Å²) in [5, 5.41) is 0. The molecule has 1 saturated carbocycles. The van der Waals surface area contributed by atoms with Crippen LogP contribution in [0.25, 0.3) is 0 Å². The van der Waals surface area contributed by atoms with Crippen molar-refractivity contribution in [3.63, 3.8) is 0 Å². The molecule has 1 aliphatic rings. The first-order valence-corrected chi connectivity index (χ1v) is 5.11. The van der Waals surface area contributed by atoms with E-state index in [1.807, 2.05) is 27.7 Å². The molecule has 0 radical (unpaired) electrons. The molecule has 0 spiro atoms. The van der Waals surface area contributed by atoms with E-state index >= 15 is 0 Å². The molecule has 1 fully saturated rings. The number of esters is 1. The van der Waals surface area contributed by atoms with Gasteiger partial charge in [-0.25, -0.2) is 0 Å². The molecule has 0 aromatic rings. The molecule has 0 N–H and O–H groups in total. The number of aldehydes is 1. The van der Waals surface area contributed by atoms with Crippen LogP contribution >= 0.6 is 0 Å². The monoisotopic (exact) mass is 198 g/mol. The Labute approximate surface area is 84.8 Å². The van der Waals surface area contributed by atoms with Gasteiger partial charge in [0, 0.05) is 5.92 Å². The van der Waals surface area contributed by atoms with E-state index in [0.717, 1.165) is 12.7 Å². The van der Waals surface area contributed by atoms with Gasteiger partial charge in [0.1, 0.15) is 6.29 Å². The number of carbonyl (C=O) groups is 2. The minimum absolute atomic E-state index is 0.0498. The molecule has 80 valence electrons. The molecule has 1 rings (SSSR count). The minimum atomic E-state index is -0.228. The molecule has 1 unspecified atom stereocenters. The van der Waals surface area contributed by atoms with E-state index in [1.165, 1.54) is 0 Å². The normalized spacial score (nSPS) is 30.6. The second-order valence-electron chi connectivity index (χ2n) is 4.62. The zero-order valence-corrected chi connectivity index (χ0v) is 9.24. The van der Waals surface area contributed by atoms with Gasteiger partial charge < -0.3 is 9.53 Å². The first-order valence-electron chi connectivity index (χ1n) is 5.11. The number of rotatable bonds is 4. The second-order valence-corrected chi connectivity index (χ2v) is 4.62. The predicted octanol–water partition coefficient (Wildman–Crippen LogP) is 1.80. The van der Waals surface area contributed by atoms with E-state index in [1.54, 1.807) is 0 Å². The van der Waals surface area contributed by atoms with Crippen LogP contribution < -0.4 is 0 Å². The van der Waals surface area contributed by atoms with Gasteiger partial charge in [0.25, 0.3) is 0 Å². The summed E-state index contributed by atoms with van der Waals surface area (Å²) in [6, 6.07) is 0. The molecule has 0 amide bonds. The fourth-order valence-electron chi connectivity index (χ4n) is 1.74. The van der Waals surface area contributed by atoms with E-state index in [2.05, 4.69) is 0 Å². The van der Waals surface area contributed by atoms with Crippen molar-refractivity contribution < 1.29 is 14.3 Å². The summed E-state index contributed by atoms with van der Waals surface area (Å²) in [5.41, 5.74) is -0.202. The molecule has 3 heteroatoms. The number of hydrogen-bond acceptors (Lipinski definition) is 3. The average Bonchev–Trinajstić information content (AvgIpc) is 2.67. The van der Waals surface area contributed by atoms with Crippen LogP contribution in [0.5, 0.6) is 0 Å². The lowest BCUT2D eigenvalue weighted by Crippen LogP contribution is -2.17. The van der Waals surface area contributed by atoms with E-state index < -0.39 is 0 Å². The van der Waals surface area contributed by atoms with Gasteiger partial charge in [-0.2, -0.15) is 0 Å². The Morgan fingerprint density at radius 1 is 1.57 bits per heavy atom. The highest BCUT2D eigenvalue weighted by atomic mass is 16.5. The van der Waals surface area contributed by atoms with Gasteiger partial charge in [0.2, 0.25) is 0 Å². The Morgan fingerprint density at radius 3 is 2.50 bits per heavy atom. The Morgan fingerprint density at radius 2 is 2.14 bits per heavy atom. The zero-order valence-electron chi connectivity index (χ0n) is 9.24. The van der Waals surface area contributed by atoms with Gasteiger partial charge in [-0.3, -0.25) is 4.79 Å². The quantitative estimate of drug-likeness (QED) is 0.511. The molecular weight excluding hydrogens is 180 g/mol. The van der Waals surface area contributed by atoms with Gasteiger partial charge in [-0.15, -0.1) is 0 Å². The van der Waals surface area contributed by atoms with Crippen LogP contribution in [0, 0.1) is 17.3 Å². The molecular formula is C11H18O3. The summed E-state index contributed by atoms with van der Waals surface area (Å²) in [7, 11) is 0. The SMILES string of the molecule is CCC(C)OC(=O)[C@H]1[C@H](C=O)C1(C)C. The minimum Gasteiger partial charge on any atom is -0.462 e. The van der Waals surface area contributed by atoms with E-state index in [4.69, 9.17) is 4.74 Å². The smallest absolute Gasteiger partial charge is 0.310 e. The second kappa shape index (κ2) is 3.71. The zero-order chi connectivity index (χ0) is 10.9. The molecule has 3 nitrogen and oxygen atoms in total. The Balaban J connectivity index is 2.52. The third-order valence-corrected chi connectivity index (χ3v) is 3.20. The molecule has 0 bridgehead atoms. The number of ether oxygens (including phenoxy) is 1. The Hall–Kier alpha value is -0.860. The van der Waals surface area contributed by atoms with Gasteiger partial charge in [-0.1, -0.05) is 20.8 Å². The molecule has 3 atom stereocenters.